The van der Waals surface area contributed by atoms with Gasteiger partial charge in [0.25, 0.3) is 5.91 Å². The van der Waals surface area contributed by atoms with Crippen LogP contribution in [0.2, 0.25) is 5.02 Å². The third-order valence-corrected chi connectivity index (χ3v) is 2.16. The lowest BCUT2D eigenvalue weighted by molar-refractivity contribution is 0.0945. The predicted octanol–water partition coefficient (Wildman–Crippen LogP) is 1.39. The number of rotatable bonds is 3. The monoisotopic (exact) mass is 236 g/mol. The minimum atomic E-state index is -0.279. The van der Waals surface area contributed by atoms with Crippen LogP contribution in [0, 0.1) is 0 Å². The van der Waals surface area contributed by atoms with Crippen LogP contribution in [-0.4, -0.2) is 20.9 Å². The van der Waals surface area contributed by atoms with Crippen molar-refractivity contribution in [2.75, 3.05) is 0 Å². The first-order valence-corrected chi connectivity index (χ1v) is 5.01. The van der Waals surface area contributed by atoms with Crippen molar-refractivity contribution >= 4 is 17.5 Å². The molecule has 0 saturated carbocycles. The number of amides is 1. The fraction of sp³-hybridized carbons (Fsp3) is 0.100. The molecule has 82 valence electrons. The maximum Gasteiger partial charge on any atom is 0.270 e. The van der Waals surface area contributed by atoms with Crippen molar-refractivity contribution in [3.05, 3.63) is 47.3 Å². The van der Waals surface area contributed by atoms with Crippen LogP contribution in [0.3, 0.4) is 0 Å². The van der Waals surface area contributed by atoms with E-state index in [-0.39, 0.29) is 5.91 Å². The number of nitrogens with one attached hydrogen (secondary N) is 2. The Bertz CT molecular complexity index is 483. The summed E-state index contributed by atoms with van der Waals surface area (Å²) in [6.45, 7) is 0.333. The highest BCUT2D eigenvalue weighted by molar-refractivity contribution is 6.30. The topological polar surface area (TPSA) is 70.7 Å². The molecule has 0 fully saturated rings. The van der Waals surface area contributed by atoms with Gasteiger partial charge in [-0.1, -0.05) is 11.6 Å². The van der Waals surface area contributed by atoms with E-state index in [9.17, 15) is 4.79 Å². The van der Waals surface area contributed by atoms with Crippen molar-refractivity contribution in [2.45, 2.75) is 6.54 Å². The molecule has 0 bridgehead atoms. The summed E-state index contributed by atoms with van der Waals surface area (Å²) in [5.74, 6) is 0.411. The first-order valence-electron chi connectivity index (χ1n) is 4.64. The summed E-state index contributed by atoms with van der Waals surface area (Å²) in [6, 6.07) is 3.13. The molecule has 6 heteroatoms. The summed E-state index contributed by atoms with van der Waals surface area (Å²) in [7, 11) is 0. The van der Waals surface area contributed by atoms with Crippen LogP contribution in [0.15, 0.2) is 30.7 Å². The van der Waals surface area contributed by atoms with Crippen LogP contribution in [0.25, 0.3) is 0 Å². The van der Waals surface area contributed by atoms with Gasteiger partial charge in [0.2, 0.25) is 0 Å². The lowest BCUT2D eigenvalue weighted by Crippen LogP contribution is -2.24. The van der Waals surface area contributed by atoms with Gasteiger partial charge in [-0.25, -0.2) is 4.98 Å². The van der Waals surface area contributed by atoms with Crippen molar-refractivity contribution in [2.24, 2.45) is 0 Å². The average molecular weight is 237 g/mol. The van der Waals surface area contributed by atoms with Crippen LogP contribution < -0.4 is 5.32 Å². The lowest BCUT2D eigenvalue weighted by atomic mass is 10.3. The Morgan fingerprint density at radius 1 is 1.44 bits per heavy atom. The zero-order chi connectivity index (χ0) is 11.4. The van der Waals surface area contributed by atoms with E-state index < -0.39 is 0 Å². The fourth-order valence-electron chi connectivity index (χ4n) is 1.18. The van der Waals surface area contributed by atoms with Crippen LogP contribution >= 0.6 is 11.6 Å². The first kappa shape index (κ1) is 10.6. The second-order valence-electron chi connectivity index (χ2n) is 3.08. The van der Waals surface area contributed by atoms with E-state index in [1.54, 1.807) is 18.5 Å². The van der Waals surface area contributed by atoms with Gasteiger partial charge >= 0.3 is 0 Å². The zero-order valence-electron chi connectivity index (χ0n) is 8.27. The van der Waals surface area contributed by atoms with Gasteiger partial charge in [0.15, 0.2) is 0 Å². The number of imidazole rings is 1. The standard InChI is InChI=1S/C10H9ClN4O/c11-7-1-2-12-8(5-7)10(16)15-6-9-13-3-4-14-9/h1-5H,6H2,(H,13,14)(H,15,16). The number of pyridine rings is 1. The van der Waals surface area contributed by atoms with E-state index in [0.29, 0.717) is 23.1 Å². The molecule has 2 aromatic rings. The number of halogens is 1. The number of aromatic nitrogens is 3. The summed E-state index contributed by atoms with van der Waals surface area (Å²) in [6.07, 6.45) is 4.81. The highest BCUT2D eigenvalue weighted by Crippen LogP contribution is 2.07. The molecule has 2 heterocycles. The zero-order valence-corrected chi connectivity index (χ0v) is 9.03. The molecule has 0 radical (unpaired) electrons. The Morgan fingerprint density at radius 3 is 3.00 bits per heavy atom. The summed E-state index contributed by atoms with van der Waals surface area (Å²) in [4.78, 5) is 22.4. The fourth-order valence-corrected chi connectivity index (χ4v) is 1.34. The third-order valence-electron chi connectivity index (χ3n) is 1.93. The molecule has 0 aliphatic rings. The summed E-state index contributed by atoms with van der Waals surface area (Å²) in [5.41, 5.74) is 0.291. The van der Waals surface area contributed by atoms with Crippen LogP contribution in [0.4, 0.5) is 0 Å². The van der Waals surface area contributed by atoms with Crippen molar-refractivity contribution in [1.29, 1.82) is 0 Å². The Kier molecular flexibility index (Phi) is 3.16. The van der Waals surface area contributed by atoms with Crippen molar-refractivity contribution < 1.29 is 4.79 Å². The van der Waals surface area contributed by atoms with Gasteiger partial charge in [0, 0.05) is 23.6 Å². The number of carbonyl (C=O) groups excluding carboxylic acids is 1. The molecule has 0 aromatic carbocycles. The molecule has 0 aliphatic carbocycles. The molecule has 0 saturated heterocycles. The van der Waals surface area contributed by atoms with Crippen molar-refractivity contribution in [3.63, 3.8) is 0 Å². The summed E-state index contributed by atoms with van der Waals surface area (Å²) < 4.78 is 0. The molecule has 0 spiro atoms. The van der Waals surface area contributed by atoms with E-state index in [0.717, 1.165) is 0 Å². The average Bonchev–Trinajstić information content (AvgIpc) is 2.78. The number of hydrogen-bond acceptors (Lipinski definition) is 3. The SMILES string of the molecule is O=C(NCc1ncc[nH]1)c1cc(Cl)ccn1. The normalized spacial score (nSPS) is 10.1. The van der Waals surface area contributed by atoms with Crippen molar-refractivity contribution in [3.8, 4) is 0 Å². The third kappa shape index (κ3) is 2.58. The van der Waals surface area contributed by atoms with E-state index >= 15 is 0 Å². The largest absolute Gasteiger partial charge is 0.347 e. The van der Waals surface area contributed by atoms with Crippen LogP contribution in [0.5, 0.6) is 0 Å². The smallest absolute Gasteiger partial charge is 0.270 e. The number of H-pyrrole nitrogens is 1. The van der Waals surface area contributed by atoms with E-state index in [1.807, 2.05) is 0 Å². The van der Waals surface area contributed by atoms with E-state index in [2.05, 4.69) is 20.3 Å². The molecule has 2 N–H and O–H groups in total. The predicted molar refractivity (Wildman–Crippen MR) is 59.0 cm³/mol. The van der Waals surface area contributed by atoms with Gasteiger partial charge in [-0.05, 0) is 12.1 Å². The molecular weight excluding hydrogens is 228 g/mol. The Balaban J connectivity index is 1.98. The van der Waals surface area contributed by atoms with Gasteiger partial charge in [0.05, 0.1) is 6.54 Å². The second-order valence-corrected chi connectivity index (χ2v) is 3.51. The van der Waals surface area contributed by atoms with Gasteiger partial charge in [-0.15, -0.1) is 0 Å². The molecular formula is C10H9ClN4O. The molecule has 1 amide bonds. The molecule has 0 unspecified atom stereocenters. The quantitative estimate of drug-likeness (QED) is 0.846. The number of aromatic amines is 1. The lowest BCUT2D eigenvalue weighted by Gasteiger charge is -2.02. The maximum atomic E-state index is 11.6. The molecule has 2 aromatic heterocycles. The maximum absolute atomic E-state index is 11.6. The van der Waals surface area contributed by atoms with Crippen LogP contribution in [-0.2, 0) is 6.54 Å². The van der Waals surface area contributed by atoms with Crippen LogP contribution in [0.1, 0.15) is 16.3 Å². The van der Waals surface area contributed by atoms with Crippen molar-refractivity contribution in [1.82, 2.24) is 20.3 Å². The highest BCUT2D eigenvalue weighted by atomic mass is 35.5. The first-order chi connectivity index (χ1) is 7.75. The molecule has 0 aliphatic heterocycles. The van der Waals surface area contributed by atoms with Gasteiger partial charge in [-0.2, -0.15) is 0 Å². The number of carbonyl (C=O) groups is 1. The molecule has 0 atom stereocenters. The van der Waals surface area contributed by atoms with Gasteiger partial charge < -0.3 is 10.3 Å². The Morgan fingerprint density at radius 2 is 2.31 bits per heavy atom. The minimum Gasteiger partial charge on any atom is -0.347 e. The minimum absolute atomic E-state index is 0.279. The number of nitrogens with zero attached hydrogens (tertiary/aromatic N) is 2. The summed E-state index contributed by atoms with van der Waals surface area (Å²) in [5, 5.41) is 3.16. The Hall–Kier alpha value is -1.88. The highest BCUT2D eigenvalue weighted by Gasteiger charge is 2.07. The molecule has 16 heavy (non-hydrogen) atoms. The summed E-state index contributed by atoms with van der Waals surface area (Å²) >= 11 is 5.75. The van der Waals surface area contributed by atoms with E-state index in [4.69, 9.17) is 11.6 Å². The number of hydrogen-bond donors (Lipinski definition) is 2. The molecule has 2 rings (SSSR count). The van der Waals surface area contributed by atoms with E-state index in [1.165, 1.54) is 12.3 Å². The van der Waals surface area contributed by atoms with Gasteiger partial charge in [-0.3, -0.25) is 9.78 Å². The Labute approximate surface area is 96.9 Å². The molecule has 5 nitrogen and oxygen atoms in total. The van der Waals surface area contributed by atoms with Gasteiger partial charge in [0.1, 0.15) is 11.5 Å². The second kappa shape index (κ2) is 4.76.